The van der Waals surface area contributed by atoms with Crippen molar-refractivity contribution in [1.29, 1.82) is 0 Å². The van der Waals surface area contributed by atoms with Crippen molar-refractivity contribution in [2.45, 2.75) is 58.7 Å². The molecule has 3 atom stereocenters. The smallest absolute Gasteiger partial charge is 0.223 e. The van der Waals surface area contributed by atoms with Crippen LogP contribution in [0, 0.1) is 13.8 Å². The molecule has 0 bridgehead atoms. The molecule has 134 valence electrons. The zero-order chi connectivity index (χ0) is 18.0. The van der Waals surface area contributed by atoms with E-state index >= 15 is 0 Å². The number of hydrogen-bond donors (Lipinski definition) is 0. The fourth-order valence-corrected chi connectivity index (χ4v) is 3.72. The number of nitrogens with zero attached hydrogens (tertiary/aromatic N) is 2. The van der Waals surface area contributed by atoms with E-state index in [9.17, 15) is 4.79 Å². The summed E-state index contributed by atoms with van der Waals surface area (Å²) >= 11 is 0. The maximum atomic E-state index is 12.9. The number of carbonyl (C=O) groups is 1. The minimum Gasteiger partial charge on any atom is -0.369 e. The van der Waals surface area contributed by atoms with Crippen LogP contribution in [0.25, 0.3) is 0 Å². The summed E-state index contributed by atoms with van der Waals surface area (Å²) in [5.41, 5.74) is 3.03. The third-order valence-electron chi connectivity index (χ3n) is 5.05. The Kier molecular flexibility index (Phi) is 5.23. The second kappa shape index (κ2) is 7.40. The van der Waals surface area contributed by atoms with Crippen LogP contribution < -0.4 is 0 Å². The summed E-state index contributed by atoms with van der Waals surface area (Å²) in [6.45, 7) is 8.49. The van der Waals surface area contributed by atoms with Gasteiger partial charge in [-0.1, -0.05) is 35.5 Å². The van der Waals surface area contributed by atoms with Crippen molar-refractivity contribution in [3.05, 3.63) is 52.9 Å². The summed E-state index contributed by atoms with van der Waals surface area (Å²) in [7, 11) is 0. The molecular formula is C20H26N2O3. The molecule has 2 aromatic rings. The summed E-state index contributed by atoms with van der Waals surface area (Å²) < 4.78 is 11.2. The first-order chi connectivity index (χ1) is 12.0. The molecule has 0 radical (unpaired) electrons. The van der Waals surface area contributed by atoms with Gasteiger partial charge in [-0.2, -0.15) is 0 Å². The first-order valence-corrected chi connectivity index (χ1v) is 8.88. The van der Waals surface area contributed by atoms with Gasteiger partial charge in [0.1, 0.15) is 11.9 Å². The molecule has 1 aliphatic rings. The molecule has 3 rings (SSSR count). The second-order valence-electron chi connectivity index (χ2n) is 6.86. The first kappa shape index (κ1) is 17.7. The highest BCUT2D eigenvalue weighted by molar-refractivity contribution is 5.77. The number of benzene rings is 1. The van der Waals surface area contributed by atoms with Crippen molar-refractivity contribution in [3.8, 4) is 0 Å². The Morgan fingerprint density at radius 2 is 1.96 bits per heavy atom. The largest absolute Gasteiger partial charge is 0.369 e. The topological polar surface area (TPSA) is 55.6 Å². The van der Waals surface area contributed by atoms with Gasteiger partial charge in [0.15, 0.2) is 0 Å². The van der Waals surface area contributed by atoms with E-state index in [-0.39, 0.29) is 24.1 Å². The average Bonchev–Trinajstić information content (AvgIpc) is 2.92. The molecule has 1 amide bonds. The highest BCUT2D eigenvalue weighted by Gasteiger charge is 2.36. The lowest BCUT2D eigenvalue weighted by Crippen LogP contribution is -2.53. The molecule has 0 N–H and O–H groups in total. The fraction of sp³-hybridized carbons (Fsp3) is 0.500. The number of aromatic nitrogens is 1. The molecule has 1 aliphatic heterocycles. The number of amides is 1. The number of ether oxygens (including phenoxy) is 1. The molecule has 1 aromatic carbocycles. The number of morpholine rings is 1. The van der Waals surface area contributed by atoms with E-state index < -0.39 is 0 Å². The lowest BCUT2D eigenvalue weighted by molar-refractivity contribution is -0.153. The Bertz CT molecular complexity index is 706. The van der Waals surface area contributed by atoms with Crippen LogP contribution in [-0.2, 0) is 16.0 Å². The van der Waals surface area contributed by atoms with Crippen LogP contribution in [0.4, 0.5) is 0 Å². The summed E-state index contributed by atoms with van der Waals surface area (Å²) in [5.74, 6) is 0.958. The minimum atomic E-state index is -0.0829. The van der Waals surface area contributed by atoms with Gasteiger partial charge >= 0.3 is 0 Å². The van der Waals surface area contributed by atoms with Gasteiger partial charge in [-0.3, -0.25) is 4.79 Å². The van der Waals surface area contributed by atoms with E-state index in [1.807, 2.05) is 43.9 Å². The standard InChI is InChI=1S/C20H26N2O3/c1-13-12-24-20(17-8-6-5-7-9-17)15(3)22(13)19(23)11-10-18-14(2)21-25-16(18)4/h5-9,13,15,20H,10-12H2,1-4H3/t13-,15-,20+/m1/s1. The molecule has 1 aromatic heterocycles. The van der Waals surface area contributed by atoms with Crippen molar-refractivity contribution < 1.29 is 14.1 Å². The highest BCUT2D eigenvalue weighted by atomic mass is 16.5. The zero-order valence-electron chi connectivity index (χ0n) is 15.4. The third-order valence-corrected chi connectivity index (χ3v) is 5.05. The van der Waals surface area contributed by atoms with Crippen LogP contribution in [0.2, 0.25) is 0 Å². The van der Waals surface area contributed by atoms with E-state index in [0.717, 1.165) is 22.6 Å². The first-order valence-electron chi connectivity index (χ1n) is 8.88. The van der Waals surface area contributed by atoms with Crippen LogP contribution in [0.1, 0.15) is 49.0 Å². The molecule has 0 unspecified atom stereocenters. The summed E-state index contributed by atoms with van der Waals surface area (Å²) in [4.78, 5) is 14.9. The van der Waals surface area contributed by atoms with Gasteiger partial charge in [-0.05, 0) is 39.7 Å². The van der Waals surface area contributed by atoms with E-state index in [0.29, 0.717) is 19.4 Å². The highest BCUT2D eigenvalue weighted by Crippen LogP contribution is 2.31. The van der Waals surface area contributed by atoms with E-state index in [4.69, 9.17) is 9.26 Å². The summed E-state index contributed by atoms with van der Waals surface area (Å²) in [6.07, 6.45) is 1.03. The maximum Gasteiger partial charge on any atom is 0.223 e. The lowest BCUT2D eigenvalue weighted by Gasteiger charge is -2.44. The van der Waals surface area contributed by atoms with Gasteiger partial charge < -0.3 is 14.2 Å². The SMILES string of the molecule is Cc1noc(C)c1CCC(=O)N1[C@H](C)CO[C@H](c2ccccc2)[C@H]1C. The van der Waals surface area contributed by atoms with Crippen LogP contribution in [-0.4, -0.2) is 34.7 Å². The molecule has 0 aliphatic carbocycles. The Morgan fingerprint density at radius 3 is 2.60 bits per heavy atom. The Balaban J connectivity index is 1.71. The maximum absolute atomic E-state index is 12.9. The quantitative estimate of drug-likeness (QED) is 0.852. The number of rotatable bonds is 4. The van der Waals surface area contributed by atoms with Crippen molar-refractivity contribution in [2.24, 2.45) is 0 Å². The van der Waals surface area contributed by atoms with Gasteiger partial charge in [0, 0.05) is 12.0 Å². The second-order valence-corrected chi connectivity index (χ2v) is 6.86. The average molecular weight is 342 g/mol. The predicted molar refractivity (Wildman–Crippen MR) is 95.2 cm³/mol. The minimum absolute atomic E-state index is 0.00307. The van der Waals surface area contributed by atoms with Gasteiger partial charge in [0.25, 0.3) is 0 Å². The molecule has 2 heterocycles. The Hall–Kier alpha value is -2.14. The molecule has 25 heavy (non-hydrogen) atoms. The zero-order valence-corrected chi connectivity index (χ0v) is 15.4. The third kappa shape index (κ3) is 3.61. The van der Waals surface area contributed by atoms with Crippen LogP contribution >= 0.6 is 0 Å². The van der Waals surface area contributed by atoms with E-state index in [1.54, 1.807) is 0 Å². The Morgan fingerprint density at radius 1 is 1.24 bits per heavy atom. The van der Waals surface area contributed by atoms with E-state index in [1.165, 1.54) is 0 Å². The van der Waals surface area contributed by atoms with Crippen LogP contribution in [0.3, 0.4) is 0 Å². The lowest BCUT2D eigenvalue weighted by atomic mass is 9.97. The van der Waals surface area contributed by atoms with Gasteiger partial charge in [-0.25, -0.2) is 0 Å². The van der Waals surface area contributed by atoms with Crippen molar-refractivity contribution in [2.75, 3.05) is 6.61 Å². The molecule has 5 heteroatoms. The van der Waals surface area contributed by atoms with Gasteiger partial charge in [0.2, 0.25) is 5.91 Å². The molecular weight excluding hydrogens is 316 g/mol. The van der Waals surface area contributed by atoms with Gasteiger partial charge in [-0.15, -0.1) is 0 Å². The fourth-order valence-electron chi connectivity index (χ4n) is 3.72. The van der Waals surface area contributed by atoms with Crippen molar-refractivity contribution in [1.82, 2.24) is 10.1 Å². The Labute approximate surface area is 148 Å². The number of carbonyl (C=O) groups excluding carboxylic acids is 1. The molecule has 0 spiro atoms. The van der Waals surface area contributed by atoms with Crippen molar-refractivity contribution >= 4 is 5.91 Å². The molecule has 1 fully saturated rings. The number of hydrogen-bond acceptors (Lipinski definition) is 4. The van der Waals surface area contributed by atoms with Gasteiger partial charge in [0.05, 0.1) is 24.4 Å². The predicted octanol–water partition coefficient (Wildman–Crippen LogP) is 3.60. The molecule has 0 saturated carbocycles. The monoisotopic (exact) mass is 342 g/mol. The summed E-state index contributed by atoms with van der Waals surface area (Å²) in [6, 6.07) is 10.2. The normalized spacial score (nSPS) is 23.7. The van der Waals surface area contributed by atoms with Crippen LogP contribution in [0.5, 0.6) is 0 Å². The molecule has 1 saturated heterocycles. The van der Waals surface area contributed by atoms with Crippen molar-refractivity contribution in [3.63, 3.8) is 0 Å². The number of aryl methyl sites for hydroxylation is 2. The van der Waals surface area contributed by atoms with Crippen LogP contribution in [0.15, 0.2) is 34.9 Å². The molecule has 5 nitrogen and oxygen atoms in total. The van der Waals surface area contributed by atoms with E-state index in [2.05, 4.69) is 24.2 Å². The summed E-state index contributed by atoms with van der Waals surface area (Å²) in [5, 5.41) is 3.97.